The molecule has 1 aromatic carbocycles. The molecule has 0 radical (unpaired) electrons. The van der Waals surface area contributed by atoms with Gasteiger partial charge in [0.25, 0.3) is 0 Å². The first-order valence-electron chi connectivity index (χ1n) is 5.85. The molecule has 0 bridgehead atoms. The molecule has 19 heavy (non-hydrogen) atoms. The first-order chi connectivity index (χ1) is 9.15. The second-order valence-corrected chi connectivity index (χ2v) is 6.33. The Labute approximate surface area is 123 Å². The molecule has 0 N–H and O–H groups in total. The quantitative estimate of drug-likeness (QED) is 0.781. The summed E-state index contributed by atoms with van der Waals surface area (Å²) in [5.41, 5.74) is 0.617. The SMILES string of the molecule is Cc1cc(Br)c(C(=O)c2ccc3c(c2)OCCO3)s1. The van der Waals surface area contributed by atoms with E-state index in [0.29, 0.717) is 35.2 Å². The number of thiophene rings is 1. The zero-order valence-corrected chi connectivity index (χ0v) is 12.6. The highest BCUT2D eigenvalue weighted by Gasteiger charge is 2.19. The van der Waals surface area contributed by atoms with E-state index in [-0.39, 0.29) is 5.78 Å². The van der Waals surface area contributed by atoms with Gasteiger partial charge in [0.05, 0.1) is 4.88 Å². The molecule has 0 amide bonds. The molecule has 1 aromatic heterocycles. The van der Waals surface area contributed by atoms with Crippen LogP contribution in [-0.2, 0) is 0 Å². The Bertz CT molecular complexity index is 648. The summed E-state index contributed by atoms with van der Waals surface area (Å²) in [6.07, 6.45) is 0. The third kappa shape index (κ3) is 2.40. The van der Waals surface area contributed by atoms with Crippen molar-refractivity contribution in [2.24, 2.45) is 0 Å². The summed E-state index contributed by atoms with van der Waals surface area (Å²) >= 11 is 4.91. The topological polar surface area (TPSA) is 35.5 Å². The van der Waals surface area contributed by atoms with Crippen molar-refractivity contribution in [2.45, 2.75) is 6.92 Å². The van der Waals surface area contributed by atoms with Crippen molar-refractivity contribution in [3.8, 4) is 11.5 Å². The van der Waals surface area contributed by atoms with E-state index in [1.165, 1.54) is 11.3 Å². The van der Waals surface area contributed by atoms with E-state index >= 15 is 0 Å². The van der Waals surface area contributed by atoms with Crippen molar-refractivity contribution in [3.05, 3.63) is 44.1 Å². The molecule has 1 aliphatic heterocycles. The van der Waals surface area contributed by atoms with Crippen molar-refractivity contribution in [1.82, 2.24) is 0 Å². The van der Waals surface area contributed by atoms with Gasteiger partial charge in [-0.2, -0.15) is 0 Å². The third-order valence-corrected chi connectivity index (χ3v) is 4.76. The summed E-state index contributed by atoms with van der Waals surface area (Å²) in [5, 5.41) is 0. The minimum absolute atomic E-state index is 0.00180. The molecule has 5 heteroatoms. The number of halogens is 1. The monoisotopic (exact) mass is 338 g/mol. The summed E-state index contributed by atoms with van der Waals surface area (Å²) < 4.78 is 11.8. The fourth-order valence-corrected chi connectivity index (χ4v) is 3.74. The Hall–Kier alpha value is -1.33. The number of aryl methyl sites for hydroxylation is 1. The molecule has 0 saturated heterocycles. The van der Waals surface area contributed by atoms with Gasteiger partial charge in [0.15, 0.2) is 11.5 Å². The molecule has 0 spiro atoms. The number of benzene rings is 1. The van der Waals surface area contributed by atoms with E-state index in [2.05, 4.69) is 15.9 Å². The van der Waals surface area contributed by atoms with E-state index in [0.717, 1.165) is 9.35 Å². The Balaban J connectivity index is 1.98. The molecule has 98 valence electrons. The van der Waals surface area contributed by atoms with Gasteiger partial charge in [-0.1, -0.05) is 0 Å². The Kier molecular flexibility index (Phi) is 3.33. The first-order valence-corrected chi connectivity index (χ1v) is 7.46. The van der Waals surface area contributed by atoms with E-state index in [4.69, 9.17) is 9.47 Å². The van der Waals surface area contributed by atoms with Crippen LogP contribution in [0.2, 0.25) is 0 Å². The van der Waals surface area contributed by atoms with Crippen molar-refractivity contribution in [3.63, 3.8) is 0 Å². The summed E-state index contributed by atoms with van der Waals surface area (Å²) in [5.74, 6) is 1.34. The second-order valence-electron chi connectivity index (χ2n) is 4.22. The second kappa shape index (κ2) is 4.98. The highest BCUT2D eigenvalue weighted by molar-refractivity contribution is 9.10. The van der Waals surface area contributed by atoms with Crippen LogP contribution in [0, 0.1) is 6.92 Å². The van der Waals surface area contributed by atoms with E-state index in [9.17, 15) is 4.79 Å². The van der Waals surface area contributed by atoms with Crippen LogP contribution in [0.5, 0.6) is 11.5 Å². The molecular weight excluding hydrogens is 328 g/mol. The summed E-state index contributed by atoms with van der Waals surface area (Å²) in [7, 11) is 0. The maximum atomic E-state index is 12.5. The largest absolute Gasteiger partial charge is 0.486 e. The van der Waals surface area contributed by atoms with Gasteiger partial charge in [-0.15, -0.1) is 11.3 Å². The van der Waals surface area contributed by atoms with Crippen LogP contribution in [0.25, 0.3) is 0 Å². The van der Waals surface area contributed by atoms with Crippen molar-refractivity contribution < 1.29 is 14.3 Å². The van der Waals surface area contributed by atoms with Crippen LogP contribution in [0.3, 0.4) is 0 Å². The van der Waals surface area contributed by atoms with E-state index in [1.54, 1.807) is 18.2 Å². The Morgan fingerprint density at radius 2 is 1.95 bits per heavy atom. The van der Waals surface area contributed by atoms with Gasteiger partial charge in [0.1, 0.15) is 13.2 Å². The molecule has 2 aromatic rings. The predicted octanol–water partition coefficient (Wildman–Crippen LogP) is 3.82. The number of fused-ring (bicyclic) bond motifs is 1. The highest BCUT2D eigenvalue weighted by Crippen LogP contribution is 2.34. The lowest BCUT2D eigenvalue weighted by atomic mass is 10.1. The number of hydrogen-bond donors (Lipinski definition) is 0. The Morgan fingerprint density at radius 1 is 1.21 bits per heavy atom. The van der Waals surface area contributed by atoms with Crippen molar-refractivity contribution in [2.75, 3.05) is 13.2 Å². The number of hydrogen-bond acceptors (Lipinski definition) is 4. The average Bonchev–Trinajstić information content (AvgIpc) is 2.76. The van der Waals surface area contributed by atoms with Gasteiger partial charge in [-0.3, -0.25) is 4.79 Å². The lowest BCUT2D eigenvalue weighted by molar-refractivity contribution is 0.104. The van der Waals surface area contributed by atoms with Crippen LogP contribution in [-0.4, -0.2) is 19.0 Å². The van der Waals surface area contributed by atoms with Crippen LogP contribution >= 0.6 is 27.3 Å². The van der Waals surface area contributed by atoms with Crippen molar-refractivity contribution in [1.29, 1.82) is 0 Å². The predicted molar refractivity (Wildman–Crippen MR) is 77.6 cm³/mol. The van der Waals surface area contributed by atoms with Gasteiger partial charge >= 0.3 is 0 Å². The fourth-order valence-electron chi connectivity index (χ4n) is 1.95. The van der Waals surface area contributed by atoms with E-state index in [1.807, 2.05) is 13.0 Å². The lowest BCUT2D eigenvalue weighted by Gasteiger charge is -2.18. The minimum atomic E-state index is 0.00180. The normalized spacial score (nSPS) is 13.4. The number of rotatable bonds is 2. The molecule has 3 rings (SSSR count). The maximum Gasteiger partial charge on any atom is 0.204 e. The molecule has 0 atom stereocenters. The summed E-state index contributed by atoms with van der Waals surface area (Å²) in [6.45, 7) is 3.05. The number of ether oxygens (including phenoxy) is 2. The van der Waals surface area contributed by atoms with E-state index < -0.39 is 0 Å². The minimum Gasteiger partial charge on any atom is -0.486 e. The first kappa shape index (κ1) is 12.7. The lowest BCUT2D eigenvalue weighted by Crippen LogP contribution is -2.15. The average molecular weight is 339 g/mol. The van der Waals surface area contributed by atoms with Gasteiger partial charge < -0.3 is 9.47 Å². The Morgan fingerprint density at radius 3 is 2.63 bits per heavy atom. The van der Waals surface area contributed by atoms with Gasteiger partial charge in [-0.05, 0) is 47.1 Å². The summed E-state index contributed by atoms with van der Waals surface area (Å²) in [6, 6.07) is 7.27. The number of carbonyl (C=O) groups excluding carboxylic acids is 1. The van der Waals surface area contributed by atoms with Crippen LogP contribution in [0.15, 0.2) is 28.7 Å². The standard InChI is InChI=1S/C14H11BrO3S/c1-8-6-10(15)14(19-8)13(16)9-2-3-11-12(7-9)18-5-4-17-11/h2-3,6-7H,4-5H2,1H3. The smallest absolute Gasteiger partial charge is 0.204 e. The molecule has 0 saturated carbocycles. The van der Waals surface area contributed by atoms with Crippen molar-refractivity contribution >= 4 is 33.0 Å². The maximum absolute atomic E-state index is 12.5. The number of ketones is 1. The molecule has 0 fully saturated rings. The molecule has 0 unspecified atom stereocenters. The fraction of sp³-hybridized carbons (Fsp3) is 0.214. The molecule has 1 aliphatic rings. The van der Waals surface area contributed by atoms with Gasteiger partial charge in [-0.25, -0.2) is 0 Å². The van der Waals surface area contributed by atoms with Crippen LogP contribution in [0.1, 0.15) is 20.1 Å². The molecule has 0 aliphatic carbocycles. The van der Waals surface area contributed by atoms with Crippen LogP contribution < -0.4 is 9.47 Å². The zero-order valence-electron chi connectivity index (χ0n) is 10.2. The van der Waals surface area contributed by atoms with Crippen LogP contribution in [0.4, 0.5) is 0 Å². The van der Waals surface area contributed by atoms with Gasteiger partial charge in [0, 0.05) is 14.9 Å². The zero-order chi connectivity index (χ0) is 13.4. The third-order valence-electron chi connectivity index (χ3n) is 2.82. The molecular formula is C14H11BrO3S. The molecule has 2 heterocycles. The highest BCUT2D eigenvalue weighted by atomic mass is 79.9. The number of carbonyl (C=O) groups is 1. The molecule has 3 nitrogen and oxygen atoms in total. The van der Waals surface area contributed by atoms with Gasteiger partial charge in [0.2, 0.25) is 5.78 Å². The summed E-state index contributed by atoms with van der Waals surface area (Å²) in [4.78, 5) is 14.3.